The van der Waals surface area contributed by atoms with Crippen LogP contribution in [-0.2, 0) is 21.6 Å². The minimum absolute atomic E-state index is 0.169. The molecule has 1 aromatic carbocycles. The van der Waals surface area contributed by atoms with E-state index in [1.165, 1.54) is 29.5 Å². The Balaban J connectivity index is 2.42. The number of nitrogens with zero attached hydrogens (tertiary/aromatic N) is 1. The summed E-state index contributed by atoms with van der Waals surface area (Å²) in [5.41, 5.74) is 5.93. The molecule has 2 heterocycles. The average Bonchev–Trinajstić information content (AvgIpc) is 2.75. The van der Waals surface area contributed by atoms with Gasteiger partial charge in [0.15, 0.2) is 14.7 Å². The Hall–Kier alpha value is -1.79. The molecule has 2 nitrogen and oxygen atoms in total. The van der Waals surface area contributed by atoms with Crippen LogP contribution in [0, 0.1) is 0 Å². The zero-order chi connectivity index (χ0) is 19.7. The number of benzene rings is 1. The molecular formula is C24H31NOP+. The molecule has 2 bridgehead atoms. The van der Waals surface area contributed by atoms with E-state index < -0.39 is 5.16 Å². The molecule has 2 aromatic rings. The molecule has 3 heteroatoms. The van der Waals surface area contributed by atoms with Crippen LogP contribution in [0.15, 0.2) is 43.0 Å². The van der Waals surface area contributed by atoms with Gasteiger partial charge in [-0.05, 0) is 55.5 Å². The van der Waals surface area contributed by atoms with Gasteiger partial charge in [-0.3, -0.25) is 4.57 Å². The van der Waals surface area contributed by atoms with Crippen LogP contribution in [-0.4, -0.2) is 0 Å². The number of unbranched alkanes of at least 4 members (excludes halogenated alkanes) is 1. The van der Waals surface area contributed by atoms with Gasteiger partial charge in [-0.25, -0.2) is 0 Å². The first-order valence-corrected chi connectivity index (χ1v) is 11.0. The second kappa shape index (κ2) is 7.68. The van der Waals surface area contributed by atoms with Crippen molar-refractivity contribution < 1.29 is 9.13 Å². The summed E-state index contributed by atoms with van der Waals surface area (Å²) in [5, 5.41) is -0.484. The first kappa shape index (κ1) is 20.0. The van der Waals surface area contributed by atoms with Crippen molar-refractivity contribution in [2.24, 2.45) is 0 Å². The summed E-state index contributed by atoms with van der Waals surface area (Å²) in [6.07, 6.45) is 7.09. The smallest absolute Gasteiger partial charge is 0.218 e. The van der Waals surface area contributed by atoms with Crippen LogP contribution in [0.3, 0.4) is 0 Å². The van der Waals surface area contributed by atoms with E-state index >= 15 is 0 Å². The van der Waals surface area contributed by atoms with Crippen LogP contribution >= 0.6 is 8.46 Å². The summed E-state index contributed by atoms with van der Waals surface area (Å²) in [4.78, 5) is 0. The van der Waals surface area contributed by atoms with Gasteiger partial charge >= 0.3 is 0 Å². The molecule has 2 atom stereocenters. The van der Waals surface area contributed by atoms with Crippen LogP contribution < -0.4 is 4.57 Å². The highest BCUT2D eigenvalue weighted by molar-refractivity contribution is 7.25. The normalized spacial score (nSPS) is 23.7. The van der Waals surface area contributed by atoms with E-state index in [9.17, 15) is 4.57 Å². The zero-order valence-electron chi connectivity index (χ0n) is 17.1. The lowest BCUT2D eigenvalue weighted by atomic mass is 9.66. The quantitative estimate of drug-likeness (QED) is 0.388. The second-order valence-electron chi connectivity index (χ2n) is 7.82. The van der Waals surface area contributed by atoms with Gasteiger partial charge in [0, 0.05) is 17.5 Å². The molecule has 1 aliphatic heterocycles. The Bertz CT molecular complexity index is 875. The maximum atomic E-state index is 12.8. The van der Waals surface area contributed by atoms with Crippen LogP contribution in [0.4, 0.5) is 0 Å². The van der Waals surface area contributed by atoms with Gasteiger partial charge in [-0.1, -0.05) is 46.2 Å². The lowest BCUT2D eigenvalue weighted by Gasteiger charge is -2.41. The fraction of sp³-hybridized carbons (Fsp3) is 0.458. The summed E-state index contributed by atoms with van der Waals surface area (Å²) in [6.45, 7) is 13.0. The Morgan fingerprint density at radius 2 is 1.93 bits per heavy atom. The number of aromatic nitrogens is 1. The zero-order valence-corrected chi connectivity index (χ0v) is 18.0. The molecule has 27 heavy (non-hydrogen) atoms. The monoisotopic (exact) mass is 380 g/mol. The van der Waals surface area contributed by atoms with Gasteiger partial charge in [-0.2, -0.15) is 4.57 Å². The predicted octanol–water partition coefficient (Wildman–Crippen LogP) is 6.66. The van der Waals surface area contributed by atoms with Gasteiger partial charge in [0.2, 0.25) is 11.4 Å². The fourth-order valence-corrected chi connectivity index (χ4v) is 5.75. The van der Waals surface area contributed by atoms with Crippen molar-refractivity contribution in [1.29, 1.82) is 0 Å². The van der Waals surface area contributed by atoms with E-state index in [-0.39, 0.29) is 13.9 Å². The van der Waals surface area contributed by atoms with E-state index in [1.807, 2.05) is 6.20 Å². The Morgan fingerprint density at radius 3 is 2.52 bits per heavy atom. The first-order valence-electron chi connectivity index (χ1n) is 10.2. The molecular weight excluding hydrogens is 349 g/mol. The summed E-state index contributed by atoms with van der Waals surface area (Å²) in [6, 6.07) is 13.3. The molecule has 0 N–H and O–H groups in total. The molecule has 142 valence electrons. The fourth-order valence-electron chi connectivity index (χ4n) is 4.87. The van der Waals surface area contributed by atoms with E-state index in [0.29, 0.717) is 0 Å². The summed E-state index contributed by atoms with van der Waals surface area (Å²) < 4.78 is 14.9. The largest absolute Gasteiger partial charge is 0.274 e. The second-order valence-corrected chi connectivity index (χ2v) is 8.77. The SMILES string of the molecule is C=C[n+]1c2cccc1C(CC)(P=O)C(C)(CC)c1ccc(CCCC)cc1-2. The van der Waals surface area contributed by atoms with Gasteiger partial charge < -0.3 is 0 Å². The Kier molecular flexibility index (Phi) is 5.68. The van der Waals surface area contributed by atoms with Crippen molar-refractivity contribution in [3.63, 3.8) is 0 Å². The third-order valence-corrected chi connectivity index (χ3v) is 8.04. The lowest BCUT2D eigenvalue weighted by molar-refractivity contribution is -0.568. The van der Waals surface area contributed by atoms with Crippen molar-refractivity contribution >= 4 is 14.7 Å². The van der Waals surface area contributed by atoms with E-state index in [2.05, 4.69) is 75.2 Å². The predicted molar refractivity (Wildman–Crippen MR) is 114 cm³/mol. The van der Waals surface area contributed by atoms with Gasteiger partial charge in [0.25, 0.3) is 0 Å². The molecule has 0 aliphatic carbocycles. The standard InChI is InChI=1S/C24H31NOP/c1-6-10-12-18-15-16-20-19(17-18)21-13-11-14-22(25(21)9-4)24(8-3,27-26)23(20,5)7-2/h9,11,13-17H,4,6-8,10,12H2,1-3,5H3/q+1. The maximum absolute atomic E-state index is 12.8. The molecule has 0 radical (unpaired) electrons. The highest BCUT2D eigenvalue weighted by atomic mass is 31.1. The Labute approximate surface area is 165 Å². The lowest BCUT2D eigenvalue weighted by Crippen LogP contribution is -2.48. The van der Waals surface area contributed by atoms with Crippen LogP contribution in [0.2, 0.25) is 0 Å². The number of hydrogen-bond donors (Lipinski definition) is 0. The summed E-state index contributed by atoms with van der Waals surface area (Å²) in [7, 11) is 0.169. The van der Waals surface area contributed by atoms with Crippen molar-refractivity contribution in [2.45, 2.75) is 70.4 Å². The highest BCUT2D eigenvalue weighted by Gasteiger charge is 2.57. The first-order chi connectivity index (χ1) is 13.0. The number of aryl methyl sites for hydroxylation is 1. The molecule has 0 spiro atoms. The van der Waals surface area contributed by atoms with Crippen molar-refractivity contribution in [3.8, 4) is 11.3 Å². The van der Waals surface area contributed by atoms with Crippen molar-refractivity contribution in [3.05, 3.63) is 59.8 Å². The molecule has 0 saturated heterocycles. The minimum Gasteiger partial charge on any atom is -0.274 e. The van der Waals surface area contributed by atoms with Crippen LogP contribution in [0.5, 0.6) is 0 Å². The van der Waals surface area contributed by atoms with Gasteiger partial charge in [-0.15, -0.1) is 0 Å². The Morgan fingerprint density at radius 1 is 1.15 bits per heavy atom. The number of hydrogen-bond acceptors (Lipinski definition) is 1. The van der Waals surface area contributed by atoms with E-state index in [4.69, 9.17) is 0 Å². The maximum Gasteiger partial charge on any atom is 0.218 e. The minimum atomic E-state index is -0.484. The average molecular weight is 380 g/mol. The van der Waals surface area contributed by atoms with Crippen molar-refractivity contribution in [2.75, 3.05) is 0 Å². The number of fused-ring (bicyclic) bond motifs is 4. The topological polar surface area (TPSA) is 20.9 Å². The molecule has 1 aliphatic rings. The highest BCUT2D eigenvalue weighted by Crippen LogP contribution is 2.57. The van der Waals surface area contributed by atoms with E-state index in [1.54, 1.807) is 0 Å². The van der Waals surface area contributed by atoms with Gasteiger partial charge in [0.05, 0.1) is 5.56 Å². The molecule has 1 aromatic heterocycles. The van der Waals surface area contributed by atoms with E-state index in [0.717, 1.165) is 30.7 Å². The van der Waals surface area contributed by atoms with Crippen LogP contribution in [0.25, 0.3) is 17.5 Å². The number of pyridine rings is 1. The molecule has 0 saturated carbocycles. The molecule has 2 unspecified atom stereocenters. The third-order valence-electron chi connectivity index (χ3n) is 6.69. The summed E-state index contributed by atoms with van der Waals surface area (Å²) >= 11 is 0. The number of rotatable bonds is 7. The van der Waals surface area contributed by atoms with Crippen LogP contribution in [0.1, 0.15) is 70.2 Å². The van der Waals surface area contributed by atoms with Gasteiger partial charge in [0.1, 0.15) is 5.16 Å². The molecule has 0 amide bonds. The molecule has 0 fully saturated rings. The third kappa shape index (κ3) is 2.81. The molecule has 3 rings (SSSR count). The summed E-state index contributed by atoms with van der Waals surface area (Å²) in [5.74, 6) is 0. The van der Waals surface area contributed by atoms with Crippen molar-refractivity contribution in [1.82, 2.24) is 0 Å².